The number of nitrogens with zero attached hydrogens (tertiary/aromatic N) is 2. The quantitative estimate of drug-likeness (QED) is 0.830. The van der Waals surface area contributed by atoms with Crippen molar-refractivity contribution in [3.05, 3.63) is 30.1 Å². The van der Waals surface area contributed by atoms with Crippen molar-refractivity contribution >= 4 is 11.7 Å². The zero-order valence-corrected chi connectivity index (χ0v) is 9.06. The lowest BCUT2D eigenvalue weighted by molar-refractivity contribution is 0.314. The van der Waals surface area contributed by atoms with Gasteiger partial charge in [-0.15, -0.1) is 0 Å². The first-order chi connectivity index (χ1) is 7.65. The first-order valence-corrected chi connectivity index (χ1v) is 5.08. The van der Waals surface area contributed by atoms with Crippen molar-refractivity contribution in [1.29, 1.82) is 0 Å². The van der Waals surface area contributed by atoms with E-state index in [1.165, 1.54) is 12.1 Å². The molecule has 2 rings (SSSR count). The van der Waals surface area contributed by atoms with Gasteiger partial charge in [0.2, 0.25) is 0 Å². The fourth-order valence-electron chi connectivity index (χ4n) is 1.66. The van der Waals surface area contributed by atoms with Gasteiger partial charge in [-0.05, 0) is 18.2 Å². The molecule has 1 atom stereocenters. The van der Waals surface area contributed by atoms with Crippen LogP contribution in [0.1, 0.15) is 0 Å². The number of hydrogen-bond donors (Lipinski definition) is 1. The van der Waals surface area contributed by atoms with Crippen molar-refractivity contribution in [2.45, 2.75) is 6.04 Å². The number of aliphatic imine (C=N–C) groups is 1. The third-order valence-corrected chi connectivity index (χ3v) is 2.47. The molecule has 0 fully saturated rings. The maximum absolute atomic E-state index is 13.0. The lowest BCUT2D eigenvalue weighted by atomic mass is 10.2. The molecule has 5 heteroatoms. The molecule has 86 valence electrons. The smallest absolute Gasteiger partial charge is 0.282 e. The summed E-state index contributed by atoms with van der Waals surface area (Å²) in [5.41, 5.74) is 6.23. The minimum atomic E-state index is -0.241. The predicted octanol–water partition coefficient (Wildman–Crippen LogP) is 0.975. The Bertz CT molecular complexity index is 408. The van der Waals surface area contributed by atoms with Gasteiger partial charge in [-0.2, -0.15) is 0 Å². The first-order valence-electron chi connectivity index (χ1n) is 5.08. The average Bonchev–Trinajstić information content (AvgIpc) is 2.64. The molecule has 1 aliphatic rings. The van der Waals surface area contributed by atoms with Gasteiger partial charge in [0.1, 0.15) is 18.5 Å². The van der Waals surface area contributed by atoms with Gasteiger partial charge in [-0.3, -0.25) is 0 Å². The highest BCUT2D eigenvalue weighted by molar-refractivity contribution is 5.73. The lowest BCUT2D eigenvalue weighted by Gasteiger charge is -2.20. The van der Waals surface area contributed by atoms with Crippen LogP contribution < -0.4 is 10.6 Å². The Kier molecular flexibility index (Phi) is 2.94. The predicted molar refractivity (Wildman–Crippen MR) is 61.0 cm³/mol. The summed E-state index contributed by atoms with van der Waals surface area (Å²) in [5, 5.41) is 0. The fourth-order valence-corrected chi connectivity index (χ4v) is 1.66. The number of nitrogens with two attached hydrogens (primary N) is 1. The Hall–Kier alpha value is -1.78. The van der Waals surface area contributed by atoms with Crippen LogP contribution in [0, 0.1) is 5.82 Å². The molecule has 0 saturated heterocycles. The molecular weight excluding hydrogens is 209 g/mol. The van der Waals surface area contributed by atoms with Crippen LogP contribution in [-0.2, 0) is 4.74 Å². The van der Waals surface area contributed by atoms with Gasteiger partial charge in [-0.1, -0.05) is 6.07 Å². The van der Waals surface area contributed by atoms with Gasteiger partial charge in [0.25, 0.3) is 6.02 Å². The number of halogens is 1. The molecule has 0 amide bonds. The molecule has 0 saturated carbocycles. The first kappa shape index (κ1) is 10.7. The van der Waals surface area contributed by atoms with Gasteiger partial charge in [0.05, 0.1) is 0 Å². The van der Waals surface area contributed by atoms with Crippen molar-refractivity contribution < 1.29 is 9.13 Å². The van der Waals surface area contributed by atoms with Crippen LogP contribution in [0.4, 0.5) is 10.1 Å². The van der Waals surface area contributed by atoms with Crippen molar-refractivity contribution in [1.82, 2.24) is 0 Å². The van der Waals surface area contributed by atoms with E-state index in [0.717, 1.165) is 5.69 Å². The molecule has 1 heterocycles. The average molecular weight is 223 g/mol. The van der Waals surface area contributed by atoms with Crippen molar-refractivity contribution in [3.63, 3.8) is 0 Å². The monoisotopic (exact) mass is 223 g/mol. The number of amidine groups is 1. The second kappa shape index (κ2) is 4.38. The van der Waals surface area contributed by atoms with Crippen LogP contribution in [0.2, 0.25) is 0 Å². The highest BCUT2D eigenvalue weighted by Crippen LogP contribution is 2.15. The minimum Gasteiger partial charge on any atom is -0.463 e. The van der Waals surface area contributed by atoms with Crippen LogP contribution in [-0.4, -0.2) is 32.3 Å². The zero-order chi connectivity index (χ0) is 11.5. The summed E-state index contributed by atoms with van der Waals surface area (Å²) in [7, 11) is 1.89. The number of anilines is 1. The minimum absolute atomic E-state index is 0.0215. The summed E-state index contributed by atoms with van der Waals surface area (Å²) >= 11 is 0. The molecule has 0 spiro atoms. The molecule has 2 N–H and O–H groups in total. The highest BCUT2D eigenvalue weighted by atomic mass is 19.1. The summed E-state index contributed by atoms with van der Waals surface area (Å²) in [6.45, 7) is 1.15. The second-order valence-corrected chi connectivity index (χ2v) is 3.79. The fraction of sp³-hybridized carbons (Fsp3) is 0.364. The summed E-state index contributed by atoms with van der Waals surface area (Å²) in [6.07, 6.45) is 0. The summed E-state index contributed by atoms with van der Waals surface area (Å²) in [5.74, 6) is -0.241. The highest BCUT2D eigenvalue weighted by Gasteiger charge is 2.18. The maximum atomic E-state index is 13.0. The molecule has 0 aliphatic carbocycles. The Morgan fingerprint density at radius 1 is 1.62 bits per heavy atom. The van der Waals surface area contributed by atoms with Gasteiger partial charge in [-0.25, -0.2) is 9.38 Å². The molecule has 16 heavy (non-hydrogen) atoms. The number of hydrogen-bond acceptors (Lipinski definition) is 4. The van der Waals surface area contributed by atoms with E-state index in [9.17, 15) is 4.39 Å². The SMILES string of the molecule is CN(CC1COC(N)=N1)c1cccc(F)c1. The van der Waals surface area contributed by atoms with Crippen LogP contribution >= 0.6 is 0 Å². The van der Waals surface area contributed by atoms with Gasteiger partial charge in [0.15, 0.2) is 0 Å². The molecule has 1 aromatic rings. The van der Waals surface area contributed by atoms with Crippen LogP contribution in [0.15, 0.2) is 29.3 Å². The Labute approximate surface area is 93.5 Å². The normalized spacial score (nSPS) is 19.1. The largest absolute Gasteiger partial charge is 0.463 e. The Morgan fingerprint density at radius 3 is 3.06 bits per heavy atom. The Morgan fingerprint density at radius 2 is 2.44 bits per heavy atom. The second-order valence-electron chi connectivity index (χ2n) is 3.79. The van der Waals surface area contributed by atoms with E-state index in [0.29, 0.717) is 13.2 Å². The van der Waals surface area contributed by atoms with Crippen LogP contribution in [0.25, 0.3) is 0 Å². The van der Waals surface area contributed by atoms with Crippen molar-refractivity contribution in [3.8, 4) is 0 Å². The molecule has 1 aliphatic heterocycles. The van der Waals surface area contributed by atoms with Gasteiger partial charge >= 0.3 is 0 Å². The van der Waals surface area contributed by atoms with E-state index in [1.54, 1.807) is 6.07 Å². The van der Waals surface area contributed by atoms with Crippen molar-refractivity contribution in [2.24, 2.45) is 10.7 Å². The molecule has 0 bridgehead atoms. The molecule has 0 radical (unpaired) electrons. The van der Waals surface area contributed by atoms with E-state index in [2.05, 4.69) is 4.99 Å². The molecule has 0 aromatic heterocycles. The van der Waals surface area contributed by atoms with Crippen LogP contribution in [0.5, 0.6) is 0 Å². The molecule has 4 nitrogen and oxygen atoms in total. The third-order valence-electron chi connectivity index (χ3n) is 2.47. The van der Waals surface area contributed by atoms with E-state index in [1.807, 2.05) is 18.0 Å². The van der Waals surface area contributed by atoms with E-state index >= 15 is 0 Å². The standard InChI is InChI=1S/C11H14FN3O/c1-15(6-9-7-16-11(13)14-9)10-4-2-3-8(12)5-10/h2-5,9H,6-7H2,1H3,(H2,13,14). The summed E-state index contributed by atoms with van der Waals surface area (Å²) in [4.78, 5) is 6.04. The van der Waals surface area contributed by atoms with Crippen LogP contribution in [0.3, 0.4) is 0 Å². The zero-order valence-electron chi connectivity index (χ0n) is 9.06. The maximum Gasteiger partial charge on any atom is 0.282 e. The van der Waals surface area contributed by atoms with E-state index < -0.39 is 0 Å². The summed E-state index contributed by atoms with van der Waals surface area (Å²) < 4.78 is 18.1. The molecule has 1 unspecified atom stereocenters. The number of rotatable bonds is 3. The molecular formula is C11H14FN3O. The topological polar surface area (TPSA) is 50.9 Å². The lowest BCUT2D eigenvalue weighted by Crippen LogP contribution is -2.28. The van der Waals surface area contributed by atoms with Crippen molar-refractivity contribution in [2.75, 3.05) is 25.1 Å². The number of ether oxygens (including phenoxy) is 1. The van der Waals surface area contributed by atoms with E-state index in [-0.39, 0.29) is 17.9 Å². The summed E-state index contributed by atoms with van der Waals surface area (Å²) in [6, 6.07) is 6.70. The third kappa shape index (κ3) is 2.42. The van der Waals surface area contributed by atoms with Gasteiger partial charge in [0, 0.05) is 19.3 Å². The van der Waals surface area contributed by atoms with E-state index in [4.69, 9.17) is 10.5 Å². The molecule has 1 aromatic carbocycles. The number of benzene rings is 1. The van der Waals surface area contributed by atoms with Gasteiger partial charge < -0.3 is 15.4 Å². The number of likely N-dealkylation sites (N-methyl/N-ethyl adjacent to an activating group) is 1. The Balaban J connectivity index is 2.00.